The first-order valence-corrected chi connectivity index (χ1v) is 4.89. The Kier molecular flexibility index (Phi) is 3.98. The van der Waals surface area contributed by atoms with Crippen LogP contribution in [0.5, 0.6) is 0 Å². The number of halogens is 3. The van der Waals surface area contributed by atoms with Gasteiger partial charge in [0, 0.05) is 5.69 Å². The van der Waals surface area contributed by atoms with Crippen LogP contribution in [0.4, 0.5) is 18.9 Å². The van der Waals surface area contributed by atoms with Crippen LogP contribution in [0.2, 0.25) is 0 Å². The van der Waals surface area contributed by atoms with Crippen molar-refractivity contribution in [1.82, 2.24) is 0 Å². The zero-order valence-electron chi connectivity index (χ0n) is 9.17. The lowest BCUT2D eigenvalue weighted by molar-refractivity contribution is -0.141. The molecule has 0 aliphatic carbocycles. The number of carbonyl (C=O) groups is 1. The van der Waals surface area contributed by atoms with Crippen molar-refractivity contribution in [2.45, 2.75) is 19.5 Å². The second-order valence-electron chi connectivity index (χ2n) is 3.58. The van der Waals surface area contributed by atoms with Gasteiger partial charge in [-0.05, 0) is 30.7 Å². The molecule has 0 atom stereocenters. The maximum Gasteiger partial charge on any atom is 0.392 e. The number of ether oxygens (including phenoxy) is 1. The quantitative estimate of drug-likeness (QED) is 0.660. The predicted molar refractivity (Wildman–Crippen MR) is 56.5 cm³/mol. The highest BCUT2D eigenvalue weighted by Gasteiger charge is 2.27. The molecule has 0 heterocycles. The van der Waals surface area contributed by atoms with Crippen LogP contribution in [0.3, 0.4) is 0 Å². The molecule has 0 bridgehead atoms. The molecule has 0 aromatic heterocycles. The molecule has 2 N–H and O–H groups in total. The van der Waals surface area contributed by atoms with Crippen LogP contribution >= 0.6 is 0 Å². The van der Waals surface area contributed by atoms with E-state index in [1.54, 1.807) is 13.0 Å². The lowest BCUT2D eigenvalue weighted by Crippen LogP contribution is -2.15. The van der Waals surface area contributed by atoms with Gasteiger partial charge < -0.3 is 10.5 Å². The maximum atomic E-state index is 11.8. The molecule has 0 spiro atoms. The SMILES string of the molecule is Cc1cc(N)ccc1C(=O)OCCC(F)(F)F. The minimum atomic E-state index is -4.32. The van der Waals surface area contributed by atoms with E-state index in [1.807, 2.05) is 0 Å². The molecule has 0 fully saturated rings. The van der Waals surface area contributed by atoms with Crippen LogP contribution in [-0.4, -0.2) is 18.8 Å². The van der Waals surface area contributed by atoms with Crippen molar-refractivity contribution < 1.29 is 22.7 Å². The highest BCUT2D eigenvalue weighted by molar-refractivity contribution is 5.91. The van der Waals surface area contributed by atoms with Gasteiger partial charge >= 0.3 is 12.1 Å². The summed E-state index contributed by atoms with van der Waals surface area (Å²) >= 11 is 0. The van der Waals surface area contributed by atoms with Crippen LogP contribution < -0.4 is 5.73 Å². The fourth-order valence-electron chi connectivity index (χ4n) is 1.25. The van der Waals surface area contributed by atoms with Crippen molar-refractivity contribution in [3.05, 3.63) is 29.3 Å². The molecule has 0 amide bonds. The van der Waals surface area contributed by atoms with E-state index in [-0.39, 0.29) is 5.56 Å². The van der Waals surface area contributed by atoms with Crippen LogP contribution in [-0.2, 0) is 4.74 Å². The molecule has 1 aromatic rings. The van der Waals surface area contributed by atoms with Crippen molar-refractivity contribution in [3.8, 4) is 0 Å². The normalized spacial score (nSPS) is 11.3. The highest BCUT2D eigenvalue weighted by atomic mass is 19.4. The molecular weight excluding hydrogens is 235 g/mol. The fraction of sp³-hybridized carbons (Fsp3) is 0.364. The van der Waals surface area contributed by atoms with Crippen molar-refractivity contribution >= 4 is 11.7 Å². The first-order valence-electron chi connectivity index (χ1n) is 4.89. The van der Waals surface area contributed by atoms with Gasteiger partial charge in [-0.25, -0.2) is 4.79 Å². The number of rotatable bonds is 3. The van der Waals surface area contributed by atoms with E-state index < -0.39 is 25.2 Å². The van der Waals surface area contributed by atoms with Gasteiger partial charge in [0.15, 0.2) is 0 Å². The second kappa shape index (κ2) is 5.07. The van der Waals surface area contributed by atoms with Crippen molar-refractivity contribution in [2.75, 3.05) is 12.3 Å². The van der Waals surface area contributed by atoms with E-state index >= 15 is 0 Å². The topological polar surface area (TPSA) is 52.3 Å². The zero-order valence-corrected chi connectivity index (χ0v) is 9.17. The summed E-state index contributed by atoms with van der Waals surface area (Å²) in [5, 5.41) is 0. The number of esters is 1. The number of carbonyl (C=O) groups excluding carboxylic acids is 1. The Hall–Kier alpha value is -1.72. The third-order valence-electron chi connectivity index (χ3n) is 2.09. The molecular formula is C11H12F3NO2. The van der Waals surface area contributed by atoms with E-state index in [1.165, 1.54) is 12.1 Å². The van der Waals surface area contributed by atoms with E-state index in [9.17, 15) is 18.0 Å². The number of aryl methyl sites for hydroxylation is 1. The lowest BCUT2D eigenvalue weighted by atomic mass is 10.1. The molecule has 0 aliphatic rings. The fourth-order valence-corrected chi connectivity index (χ4v) is 1.25. The standard InChI is InChI=1S/C11H12F3NO2/c1-7-6-8(15)2-3-9(7)10(16)17-5-4-11(12,13)14/h2-3,6H,4-5,15H2,1H3. The van der Waals surface area contributed by atoms with Crippen LogP contribution in [0.15, 0.2) is 18.2 Å². The summed E-state index contributed by atoms with van der Waals surface area (Å²) < 4.78 is 40.0. The zero-order chi connectivity index (χ0) is 13.1. The monoisotopic (exact) mass is 247 g/mol. The summed E-state index contributed by atoms with van der Waals surface area (Å²) in [4.78, 5) is 11.4. The molecule has 17 heavy (non-hydrogen) atoms. The van der Waals surface area contributed by atoms with E-state index in [2.05, 4.69) is 4.74 Å². The molecule has 0 saturated heterocycles. The minimum Gasteiger partial charge on any atom is -0.462 e. The minimum absolute atomic E-state index is 0.223. The van der Waals surface area contributed by atoms with Gasteiger partial charge in [0.1, 0.15) is 6.61 Å². The Bertz CT molecular complexity index is 416. The molecule has 0 saturated carbocycles. The molecule has 3 nitrogen and oxygen atoms in total. The van der Waals surface area contributed by atoms with Crippen molar-refractivity contribution in [1.29, 1.82) is 0 Å². The van der Waals surface area contributed by atoms with Gasteiger partial charge in [0.2, 0.25) is 0 Å². The largest absolute Gasteiger partial charge is 0.462 e. The number of hydrogen-bond acceptors (Lipinski definition) is 3. The first kappa shape index (κ1) is 13.3. The highest BCUT2D eigenvalue weighted by Crippen LogP contribution is 2.20. The van der Waals surface area contributed by atoms with E-state index in [0.29, 0.717) is 11.3 Å². The third kappa shape index (κ3) is 4.34. The van der Waals surface area contributed by atoms with Crippen LogP contribution in [0.25, 0.3) is 0 Å². The number of nitrogens with two attached hydrogens (primary N) is 1. The van der Waals surface area contributed by atoms with Gasteiger partial charge in [-0.15, -0.1) is 0 Å². The molecule has 1 aromatic carbocycles. The first-order chi connectivity index (χ1) is 7.79. The number of anilines is 1. The van der Waals surface area contributed by atoms with Crippen molar-refractivity contribution in [2.24, 2.45) is 0 Å². The average Bonchev–Trinajstić information content (AvgIpc) is 2.15. The second-order valence-corrected chi connectivity index (χ2v) is 3.58. The number of nitrogen functional groups attached to an aromatic ring is 1. The Morgan fingerprint density at radius 3 is 2.59 bits per heavy atom. The Morgan fingerprint density at radius 1 is 1.41 bits per heavy atom. The summed E-state index contributed by atoms with van der Waals surface area (Å²) in [5.74, 6) is -0.772. The smallest absolute Gasteiger partial charge is 0.392 e. The van der Waals surface area contributed by atoms with Gasteiger partial charge in [0.05, 0.1) is 12.0 Å². The Labute approximate surface area is 96.4 Å². The molecule has 1 rings (SSSR count). The molecule has 0 unspecified atom stereocenters. The molecule has 0 aliphatic heterocycles. The van der Waals surface area contributed by atoms with Gasteiger partial charge in [0.25, 0.3) is 0 Å². The maximum absolute atomic E-state index is 11.8. The lowest BCUT2D eigenvalue weighted by Gasteiger charge is -2.09. The summed E-state index contributed by atoms with van der Waals surface area (Å²) in [6.07, 6.45) is -5.47. The van der Waals surface area contributed by atoms with Gasteiger partial charge in [-0.2, -0.15) is 13.2 Å². The third-order valence-corrected chi connectivity index (χ3v) is 2.09. The number of benzene rings is 1. The van der Waals surface area contributed by atoms with E-state index in [0.717, 1.165) is 0 Å². The summed E-state index contributed by atoms with van der Waals surface area (Å²) in [6, 6.07) is 4.48. The number of alkyl halides is 3. The molecule has 6 heteroatoms. The molecule has 94 valence electrons. The summed E-state index contributed by atoms with van der Waals surface area (Å²) in [6.45, 7) is 0.961. The molecule has 0 radical (unpaired) electrons. The van der Waals surface area contributed by atoms with Crippen LogP contribution in [0, 0.1) is 6.92 Å². The van der Waals surface area contributed by atoms with Crippen LogP contribution in [0.1, 0.15) is 22.3 Å². The predicted octanol–water partition coefficient (Wildman–Crippen LogP) is 2.69. The van der Waals surface area contributed by atoms with Crippen molar-refractivity contribution in [3.63, 3.8) is 0 Å². The van der Waals surface area contributed by atoms with E-state index in [4.69, 9.17) is 5.73 Å². The Morgan fingerprint density at radius 2 is 2.06 bits per heavy atom. The van der Waals surface area contributed by atoms with Gasteiger partial charge in [-0.1, -0.05) is 0 Å². The summed E-state index contributed by atoms with van der Waals surface area (Å²) in [5.41, 5.74) is 6.76. The van der Waals surface area contributed by atoms with Gasteiger partial charge in [-0.3, -0.25) is 0 Å². The Balaban J connectivity index is 2.59. The average molecular weight is 247 g/mol. The summed E-state index contributed by atoms with van der Waals surface area (Å²) in [7, 11) is 0. The number of hydrogen-bond donors (Lipinski definition) is 1.